The van der Waals surface area contributed by atoms with Gasteiger partial charge in [-0.05, 0) is 35.6 Å². The van der Waals surface area contributed by atoms with Gasteiger partial charge in [0.15, 0.2) is 0 Å². The third kappa shape index (κ3) is 4.19. The van der Waals surface area contributed by atoms with Gasteiger partial charge in [-0.3, -0.25) is 9.59 Å². The molecule has 2 aromatic carbocycles. The van der Waals surface area contributed by atoms with Crippen LogP contribution in [0, 0.1) is 6.92 Å². The van der Waals surface area contributed by atoms with Gasteiger partial charge in [-0.2, -0.15) is 0 Å². The minimum atomic E-state index is -0.678. The van der Waals surface area contributed by atoms with E-state index in [-0.39, 0.29) is 5.41 Å². The summed E-state index contributed by atoms with van der Waals surface area (Å²) in [6, 6.07) is 14.9. The quantitative estimate of drug-likeness (QED) is 0.827. The first-order chi connectivity index (χ1) is 10.8. The van der Waals surface area contributed by atoms with E-state index in [1.165, 1.54) is 0 Å². The molecule has 0 bridgehead atoms. The molecule has 0 saturated heterocycles. The lowest BCUT2D eigenvalue weighted by atomic mass is 9.86. The Morgan fingerprint density at radius 1 is 0.783 bits per heavy atom. The van der Waals surface area contributed by atoms with Crippen LogP contribution in [0.1, 0.15) is 31.9 Å². The minimum Gasteiger partial charge on any atom is -0.318 e. The summed E-state index contributed by atoms with van der Waals surface area (Å²) in [5.41, 5.74) is 3.05. The van der Waals surface area contributed by atoms with Crippen molar-refractivity contribution in [1.82, 2.24) is 0 Å². The second-order valence-corrected chi connectivity index (χ2v) is 6.52. The van der Waals surface area contributed by atoms with Crippen molar-refractivity contribution < 1.29 is 9.59 Å². The van der Waals surface area contributed by atoms with Crippen molar-refractivity contribution in [2.24, 2.45) is 0 Å². The van der Waals surface area contributed by atoms with Crippen molar-refractivity contribution in [3.05, 3.63) is 59.7 Å². The molecule has 0 aromatic heterocycles. The standard InChI is InChI=1S/C19H22N2O2/c1-13-9-5-7-11-15(13)20-17(22)18(23)21-16-12-8-6-10-14(16)19(2,3)4/h5-12H,1-4H3,(H,20,22)(H,21,23). The van der Waals surface area contributed by atoms with E-state index >= 15 is 0 Å². The number of amides is 2. The summed E-state index contributed by atoms with van der Waals surface area (Å²) < 4.78 is 0. The Labute approximate surface area is 136 Å². The number of hydrogen-bond acceptors (Lipinski definition) is 2. The molecule has 2 aromatic rings. The summed E-state index contributed by atoms with van der Waals surface area (Å²) in [7, 11) is 0. The van der Waals surface area contributed by atoms with Gasteiger partial charge in [0.25, 0.3) is 0 Å². The first kappa shape index (κ1) is 16.7. The van der Waals surface area contributed by atoms with E-state index in [1.807, 2.05) is 43.3 Å². The van der Waals surface area contributed by atoms with Crippen LogP contribution in [0.2, 0.25) is 0 Å². The van der Waals surface area contributed by atoms with Gasteiger partial charge < -0.3 is 10.6 Å². The number of carbonyl (C=O) groups is 2. The maximum Gasteiger partial charge on any atom is 0.314 e. The summed E-state index contributed by atoms with van der Waals surface area (Å²) in [5.74, 6) is -1.35. The molecule has 0 radical (unpaired) electrons. The van der Waals surface area contributed by atoms with E-state index < -0.39 is 11.8 Å². The van der Waals surface area contributed by atoms with Crippen LogP contribution in [0.4, 0.5) is 11.4 Å². The van der Waals surface area contributed by atoms with E-state index in [9.17, 15) is 9.59 Å². The maximum absolute atomic E-state index is 12.2. The SMILES string of the molecule is Cc1ccccc1NC(=O)C(=O)Nc1ccccc1C(C)(C)C. The fraction of sp³-hybridized carbons (Fsp3) is 0.263. The fourth-order valence-electron chi connectivity index (χ4n) is 2.32. The van der Waals surface area contributed by atoms with Crippen molar-refractivity contribution >= 4 is 23.2 Å². The van der Waals surface area contributed by atoms with Crippen LogP contribution in [-0.2, 0) is 15.0 Å². The summed E-state index contributed by atoms with van der Waals surface area (Å²) in [4.78, 5) is 24.3. The molecular weight excluding hydrogens is 288 g/mol. The highest BCUT2D eigenvalue weighted by atomic mass is 16.2. The summed E-state index contributed by atoms with van der Waals surface area (Å²) in [6.45, 7) is 8.06. The number of anilines is 2. The second kappa shape index (κ2) is 6.65. The van der Waals surface area contributed by atoms with Gasteiger partial charge in [-0.15, -0.1) is 0 Å². The number of nitrogens with one attached hydrogen (secondary N) is 2. The largest absolute Gasteiger partial charge is 0.318 e. The monoisotopic (exact) mass is 310 g/mol. The molecule has 0 spiro atoms. The molecular formula is C19H22N2O2. The molecule has 2 N–H and O–H groups in total. The molecule has 0 atom stereocenters. The lowest BCUT2D eigenvalue weighted by Crippen LogP contribution is -2.30. The number of para-hydroxylation sites is 2. The zero-order chi connectivity index (χ0) is 17.0. The smallest absolute Gasteiger partial charge is 0.314 e. The van der Waals surface area contributed by atoms with Crippen LogP contribution in [0.3, 0.4) is 0 Å². The molecule has 0 fully saturated rings. The van der Waals surface area contributed by atoms with Crippen LogP contribution in [0.15, 0.2) is 48.5 Å². The van der Waals surface area contributed by atoms with Gasteiger partial charge in [0.05, 0.1) is 0 Å². The topological polar surface area (TPSA) is 58.2 Å². The number of hydrogen-bond donors (Lipinski definition) is 2. The van der Waals surface area contributed by atoms with Gasteiger partial charge in [0, 0.05) is 11.4 Å². The highest BCUT2D eigenvalue weighted by Crippen LogP contribution is 2.29. The first-order valence-corrected chi connectivity index (χ1v) is 7.56. The normalized spacial score (nSPS) is 11.0. The van der Waals surface area contributed by atoms with Gasteiger partial charge in [-0.1, -0.05) is 57.2 Å². The van der Waals surface area contributed by atoms with Crippen molar-refractivity contribution in [2.75, 3.05) is 10.6 Å². The van der Waals surface area contributed by atoms with Crippen LogP contribution >= 0.6 is 0 Å². The summed E-state index contributed by atoms with van der Waals surface area (Å²) in [5, 5.41) is 5.34. The van der Waals surface area contributed by atoms with E-state index in [2.05, 4.69) is 31.4 Å². The van der Waals surface area contributed by atoms with Crippen LogP contribution < -0.4 is 10.6 Å². The maximum atomic E-state index is 12.2. The Hall–Kier alpha value is -2.62. The van der Waals surface area contributed by atoms with E-state index in [1.54, 1.807) is 12.1 Å². The highest BCUT2D eigenvalue weighted by Gasteiger charge is 2.21. The third-order valence-corrected chi connectivity index (χ3v) is 3.58. The van der Waals surface area contributed by atoms with Crippen LogP contribution in [-0.4, -0.2) is 11.8 Å². The zero-order valence-corrected chi connectivity index (χ0v) is 13.9. The Bertz CT molecular complexity index is 730. The Morgan fingerprint density at radius 2 is 1.26 bits per heavy atom. The predicted octanol–water partition coefficient (Wildman–Crippen LogP) is 3.87. The average Bonchev–Trinajstić information content (AvgIpc) is 2.49. The molecule has 4 nitrogen and oxygen atoms in total. The molecule has 4 heteroatoms. The summed E-state index contributed by atoms with van der Waals surface area (Å²) >= 11 is 0. The van der Waals surface area contributed by atoms with E-state index in [0.717, 1.165) is 11.1 Å². The van der Waals surface area contributed by atoms with Gasteiger partial charge in [0.1, 0.15) is 0 Å². The predicted molar refractivity (Wildman–Crippen MR) is 93.6 cm³/mol. The summed E-state index contributed by atoms with van der Waals surface area (Å²) in [6.07, 6.45) is 0. The lowest BCUT2D eigenvalue weighted by molar-refractivity contribution is -0.133. The lowest BCUT2D eigenvalue weighted by Gasteiger charge is -2.22. The molecule has 0 aliphatic rings. The molecule has 2 rings (SSSR count). The fourth-order valence-corrected chi connectivity index (χ4v) is 2.32. The van der Waals surface area contributed by atoms with E-state index in [0.29, 0.717) is 11.4 Å². The molecule has 0 aliphatic heterocycles. The van der Waals surface area contributed by atoms with Crippen molar-refractivity contribution in [2.45, 2.75) is 33.1 Å². The average molecular weight is 310 g/mol. The molecule has 0 heterocycles. The van der Waals surface area contributed by atoms with Crippen molar-refractivity contribution in [1.29, 1.82) is 0 Å². The van der Waals surface area contributed by atoms with Gasteiger partial charge >= 0.3 is 11.8 Å². The van der Waals surface area contributed by atoms with Gasteiger partial charge in [0.2, 0.25) is 0 Å². The first-order valence-electron chi connectivity index (χ1n) is 7.56. The number of carbonyl (C=O) groups excluding carboxylic acids is 2. The highest BCUT2D eigenvalue weighted by molar-refractivity contribution is 6.43. The van der Waals surface area contributed by atoms with Crippen LogP contribution in [0.25, 0.3) is 0 Å². The molecule has 0 unspecified atom stereocenters. The van der Waals surface area contributed by atoms with Crippen molar-refractivity contribution in [3.63, 3.8) is 0 Å². The molecule has 0 aliphatic carbocycles. The minimum absolute atomic E-state index is 0.129. The van der Waals surface area contributed by atoms with Crippen molar-refractivity contribution in [3.8, 4) is 0 Å². The molecule has 120 valence electrons. The third-order valence-electron chi connectivity index (χ3n) is 3.58. The Morgan fingerprint density at radius 3 is 1.83 bits per heavy atom. The number of benzene rings is 2. The van der Waals surface area contributed by atoms with Crippen LogP contribution in [0.5, 0.6) is 0 Å². The molecule has 2 amide bonds. The molecule has 23 heavy (non-hydrogen) atoms. The Balaban J connectivity index is 2.14. The Kier molecular flexibility index (Phi) is 4.84. The number of aryl methyl sites for hydroxylation is 1. The second-order valence-electron chi connectivity index (χ2n) is 6.52. The number of rotatable bonds is 2. The van der Waals surface area contributed by atoms with Gasteiger partial charge in [-0.25, -0.2) is 0 Å². The zero-order valence-electron chi connectivity index (χ0n) is 13.9. The van der Waals surface area contributed by atoms with E-state index in [4.69, 9.17) is 0 Å². The molecule has 0 saturated carbocycles.